The summed E-state index contributed by atoms with van der Waals surface area (Å²) in [4.78, 5) is 29.0. The SMILES string of the molecule is O=C(O)c1csc(SCCN2C(=O)CCC2COCCc2ccccc2)n1. The van der Waals surface area contributed by atoms with Crippen molar-refractivity contribution in [3.8, 4) is 0 Å². The van der Waals surface area contributed by atoms with Crippen LogP contribution in [-0.2, 0) is 16.0 Å². The minimum Gasteiger partial charge on any atom is -0.476 e. The molecule has 3 rings (SSSR count). The minimum absolute atomic E-state index is 0.0736. The van der Waals surface area contributed by atoms with Crippen LogP contribution in [0.3, 0.4) is 0 Å². The maximum atomic E-state index is 12.1. The monoisotopic (exact) mass is 406 g/mol. The third-order valence-corrected chi connectivity index (χ3v) is 6.40. The molecule has 0 radical (unpaired) electrons. The number of thioether (sulfide) groups is 1. The van der Waals surface area contributed by atoms with Crippen LogP contribution < -0.4 is 0 Å². The quantitative estimate of drug-likeness (QED) is 0.482. The number of likely N-dealkylation sites (tertiary alicyclic amines) is 1. The lowest BCUT2D eigenvalue weighted by Crippen LogP contribution is -2.37. The van der Waals surface area contributed by atoms with E-state index in [2.05, 4.69) is 17.1 Å². The van der Waals surface area contributed by atoms with Gasteiger partial charge in [0.25, 0.3) is 0 Å². The fraction of sp³-hybridized carbons (Fsp3) is 0.421. The van der Waals surface area contributed by atoms with Crippen molar-refractivity contribution in [3.05, 3.63) is 47.0 Å². The normalized spacial score (nSPS) is 16.8. The Morgan fingerprint density at radius 3 is 2.93 bits per heavy atom. The van der Waals surface area contributed by atoms with Gasteiger partial charge in [-0.1, -0.05) is 42.1 Å². The number of thiazole rings is 1. The molecule has 1 atom stereocenters. The number of carbonyl (C=O) groups is 2. The third kappa shape index (κ3) is 5.79. The van der Waals surface area contributed by atoms with Gasteiger partial charge in [0.1, 0.15) is 0 Å². The zero-order valence-corrected chi connectivity index (χ0v) is 16.5. The average molecular weight is 407 g/mol. The van der Waals surface area contributed by atoms with Crippen molar-refractivity contribution in [1.82, 2.24) is 9.88 Å². The molecule has 27 heavy (non-hydrogen) atoms. The predicted molar refractivity (Wildman–Crippen MR) is 105 cm³/mol. The van der Waals surface area contributed by atoms with Gasteiger partial charge in [-0.3, -0.25) is 4.79 Å². The van der Waals surface area contributed by atoms with E-state index in [1.165, 1.54) is 34.0 Å². The molecule has 1 aromatic carbocycles. The van der Waals surface area contributed by atoms with Gasteiger partial charge in [0, 0.05) is 24.1 Å². The number of carboxylic acid groups (broad SMARTS) is 1. The molecule has 1 N–H and O–H groups in total. The fourth-order valence-electron chi connectivity index (χ4n) is 2.98. The number of hydrogen-bond acceptors (Lipinski definition) is 6. The third-order valence-electron chi connectivity index (χ3n) is 4.40. The number of amides is 1. The number of aromatic carboxylic acids is 1. The molecule has 1 aliphatic rings. The van der Waals surface area contributed by atoms with E-state index in [1.807, 2.05) is 23.1 Å². The van der Waals surface area contributed by atoms with Gasteiger partial charge >= 0.3 is 5.97 Å². The highest BCUT2D eigenvalue weighted by atomic mass is 32.2. The molecule has 1 aromatic heterocycles. The van der Waals surface area contributed by atoms with E-state index >= 15 is 0 Å². The second kappa shape index (κ2) is 9.87. The lowest BCUT2D eigenvalue weighted by atomic mass is 10.2. The van der Waals surface area contributed by atoms with E-state index in [-0.39, 0.29) is 17.6 Å². The fourth-order valence-corrected chi connectivity index (χ4v) is 4.79. The molecule has 0 bridgehead atoms. The van der Waals surface area contributed by atoms with Gasteiger partial charge in [-0.15, -0.1) is 11.3 Å². The Kier molecular flexibility index (Phi) is 7.25. The Morgan fingerprint density at radius 1 is 1.37 bits per heavy atom. The molecule has 1 amide bonds. The molecule has 0 spiro atoms. The zero-order chi connectivity index (χ0) is 19.1. The molecule has 6 nitrogen and oxygen atoms in total. The van der Waals surface area contributed by atoms with Gasteiger partial charge < -0.3 is 14.7 Å². The van der Waals surface area contributed by atoms with Crippen molar-refractivity contribution in [2.24, 2.45) is 0 Å². The first-order valence-electron chi connectivity index (χ1n) is 8.86. The first-order valence-corrected chi connectivity index (χ1v) is 10.7. The van der Waals surface area contributed by atoms with Crippen LogP contribution in [0.1, 0.15) is 28.9 Å². The summed E-state index contributed by atoms with van der Waals surface area (Å²) in [5, 5.41) is 10.4. The van der Waals surface area contributed by atoms with E-state index in [0.29, 0.717) is 31.9 Å². The van der Waals surface area contributed by atoms with Crippen LogP contribution in [0.15, 0.2) is 40.1 Å². The number of hydrogen-bond donors (Lipinski definition) is 1. The Labute approximate surface area is 166 Å². The molecule has 2 aromatic rings. The van der Waals surface area contributed by atoms with Crippen molar-refractivity contribution in [2.75, 3.05) is 25.5 Å². The molecule has 2 heterocycles. The summed E-state index contributed by atoms with van der Waals surface area (Å²) >= 11 is 2.80. The standard InChI is InChI=1S/C19H22N2O4S2/c22-17-7-6-15(12-25-10-8-14-4-2-1-3-5-14)21(17)9-11-26-19-20-16(13-27-19)18(23)24/h1-5,13,15H,6-12H2,(H,23,24). The highest BCUT2D eigenvalue weighted by Crippen LogP contribution is 2.25. The van der Waals surface area contributed by atoms with Crippen LogP contribution in [0.25, 0.3) is 0 Å². The molecular formula is C19H22N2O4S2. The number of aromatic nitrogens is 1. The van der Waals surface area contributed by atoms with E-state index < -0.39 is 5.97 Å². The zero-order valence-electron chi connectivity index (χ0n) is 14.9. The summed E-state index contributed by atoms with van der Waals surface area (Å²) in [5.41, 5.74) is 1.32. The van der Waals surface area contributed by atoms with Crippen LogP contribution in [0.4, 0.5) is 0 Å². The number of ether oxygens (including phenoxy) is 1. The number of nitrogens with zero attached hydrogens (tertiary/aromatic N) is 2. The van der Waals surface area contributed by atoms with Crippen LogP contribution in [0.5, 0.6) is 0 Å². The van der Waals surface area contributed by atoms with Crippen molar-refractivity contribution >= 4 is 35.0 Å². The molecule has 1 saturated heterocycles. The average Bonchev–Trinajstić information content (AvgIpc) is 3.28. The summed E-state index contributed by atoms with van der Waals surface area (Å²) in [6.07, 6.45) is 2.26. The molecule has 0 aliphatic carbocycles. The summed E-state index contributed by atoms with van der Waals surface area (Å²) in [5.74, 6) is -0.156. The minimum atomic E-state index is -1.01. The lowest BCUT2D eigenvalue weighted by molar-refractivity contribution is -0.129. The van der Waals surface area contributed by atoms with Crippen molar-refractivity contribution in [3.63, 3.8) is 0 Å². The molecule has 1 fully saturated rings. The second-order valence-corrected chi connectivity index (χ2v) is 8.44. The van der Waals surface area contributed by atoms with E-state index in [1.54, 1.807) is 0 Å². The number of carboxylic acids is 1. The van der Waals surface area contributed by atoms with E-state index in [4.69, 9.17) is 9.84 Å². The van der Waals surface area contributed by atoms with Gasteiger partial charge in [0.15, 0.2) is 10.0 Å². The lowest BCUT2D eigenvalue weighted by Gasteiger charge is -2.24. The van der Waals surface area contributed by atoms with E-state index in [9.17, 15) is 9.59 Å². The molecule has 144 valence electrons. The second-order valence-electron chi connectivity index (χ2n) is 6.24. The molecular weight excluding hydrogens is 384 g/mol. The predicted octanol–water partition coefficient (Wildman–Crippen LogP) is 3.18. The summed E-state index contributed by atoms with van der Waals surface area (Å²) in [7, 11) is 0. The van der Waals surface area contributed by atoms with Gasteiger partial charge in [0.2, 0.25) is 5.91 Å². The molecule has 1 aliphatic heterocycles. The van der Waals surface area contributed by atoms with Gasteiger partial charge in [-0.2, -0.15) is 0 Å². The number of carbonyl (C=O) groups excluding carboxylic acids is 1. The topological polar surface area (TPSA) is 79.7 Å². The van der Waals surface area contributed by atoms with Crippen LogP contribution >= 0.6 is 23.1 Å². The Balaban J connectivity index is 1.40. The van der Waals surface area contributed by atoms with Crippen molar-refractivity contribution in [2.45, 2.75) is 29.6 Å². The maximum absolute atomic E-state index is 12.1. The number of rotatable bonds is 10. The van der Waals surface area contributed by atoms with Gasteiger partial charge in [-0.25, -0.2) is 9.78 Å². The molecule has 1 unspecified atom stereocenters. The molecule has 0 saturated carbocycles. The summed E-state index contributed by atoms with van der Waals surface area (Å²) in [6, 6.07) is 10.3. The smallest absolute Gasteiger partial charge is 0.355 e. The Morgan fingerprint density at radius 2 is 2.19 bits per heavy atom. The largest absolute Gasteiger partial charge is 0.476 e. The first kappa shape index (κ1) is 19.9. The Bertz CT molecular complexity index is 766. The van der Waals surface area contributed by atoms with Crippen LogP contribution in [-0.4, -0.2) is 58.4 Å². The Hall–Kier alpha value is -1.90. The van der Waals surface area contributed by atoms with E-state index in [0.717, 1.165) is 17.2 Å². The van der Waals surface area contributed by atoms with Crippen LogP contribution in [0, 0.1) is 0 Å². The first-order chi connectivity index (χ1) is 13.1. The van der Waals surface area contributed by atoms with Crippen LogP contribution in [0.2, 0.25) is 0 Å². The number of benzene rings is 1. The highest BCUT2D eigenvalue weighted by Gasteiger charge is 2.30. The van der Waals surface area contributed by atoms with Crippen molar-refractivity contribution in [1.29, 1.82) is 0 Å². The van der Waals surface area contributed by atoms with Crippen molar-refractivity contribution < 1.29 is 19.4 Å². The van der Waals surface area contributed by atoms with Gasteiger partial charge in [0.05, 0.1) is 19.3 Å². The molecule has 8 heteroatoms. The summed E-state index contributed by atoms with van der Waals surface area (Å²) in [6.45, 7) is 1.83. The highest BCUT2D eigenvalue weighted by molar-refractivity contribution is 8.01. The summed E-state index contributed by atoms with van der Waals surface area (Å²) < 4.78 is 6.54. The maximum Gasteiger partial charge on any atom is 0.355 e. The van der Waals surface area contributed by atoms with Gasteiger partial charge in [-0.05, 0) is 18.4 Å².